The molecule has 0 aromatic carbocycles. The third kappa shape index (κ3) is 5.38. The van der Waals surface area contributed by atoms with Gasteiger partial charge in [0.1, 0.15) is 5.82 Å². The van der Waals surface area contributed by atoms with Crippen LogP contribution >= 0.6 is 0 Å². The maximum atomic E-state index is 4.95. The van der Waals surface area contributed by atoms with Crippen LogP contribution in [0.4, 0.5) is 5.82 Å². The van der Waals surface area contributed by atoms with Crippen molar-refractivity contribution in [2.24, 2.45) is 16.8 Å². The fraction of sp³-hybridized carbons (Fsp3) is 0.625. The van der Waals surface area contributed by atoms with Crippen molar-refractivity contribution in [2.75, 3.05) is 37.6 Å². The summed E-state index contributed by atoms with van der Waals surface area (Å²) in [5.74, 6) is 3.55. The van der Waals surface area contributed by atoms with Gasteiger partial charge in [0, 0.05) is 51.3 Å². The molecule has 2 aromatic rings. The summed E-state index contributed by atoms with van der Waals surface area (Å²) < 4.78 is 2.24. The van der Waals surface area contributed by atoms with Crippen LogP contribution < -0.4 is 10.2 Å². The summed E-state index contributed by atoms with van der Waals surface area (Å²) in [6.45, 7) is 12.5. The molecule has 2 unspecified atom stereocenters. The third-order valence-corrected chi connectivity index (χ3v) is 6.79. The van der Waals surface area contributed by atoms with Crippen LogP contribution in [0.25, 0.3) is 0 Å². The van der Waals surface area contributed by atoms with Gasteiger partial charge in [0.15, 0.2) is 5.96 Å². The lowest BCUT2D eigenvalue weighted by molar-refractivity contribution is 0.189. The number of hydrogen-bond donors (Lipinski definition) is 1. The largest absolute Gasteiger partial charge is 0.357 e. The highest BCUT2D eigenvalue weighted by Crippen LogP contribution is 2.27. The lowest BCUT2D eigenvalue weighted by Crippen LogP contribution is -2.49. The van der Waals surface area contributed by atoms with Gasteiger partial charge in [-0.3, -0.25) is 0 Å². The van der Waals surface area contributed by atoms with Gasteiger partial charge in [-0.2, -0.15) is 0 Å². The maximum absolute atomic E-state index is 4.95. The van der Waals surface area contributed by atoms with Crippen molar-refractivity contribution in [1.82, 2.24) is 24.8 Å². The van der Waals surface area contributed by atoms with Gasteiger partial charge in [0.05, 0.1) is 18.9 Å². The van der Waals surface area contributed by atoms with Gasteiger partial charge in [0.25, 0.3) is 0 Å². The van der Waals surface area contributed by atoms with Gasteiger partial charge < -0.3 is 19.7 Å². The predicted octanol–water partition coefficient (Wildman–Crippen LogP) is 3.56. The molecule has 7 nitrogen and oxygen atoms in total. The zero-order chi connectivity index (χ0) is 21.6. The van der Waals surface area contributed by atoms with E-state index >= 15 is 0 Å². The van der Waals surface area contributed by atoms with Crippen molar-refractivity contribution in [3.63, 3.8) is 0 Å². The average molecular weight is 424 g/mol. The van der Waals surface area contributed by atoms with Crippen molar-refractivity contribution < 1.29 is 0 Å². The monoisotopic (exact) mass is 423 g/mol. The van der Waals surface area contributed by atoms with Gasteiger partial charge in [-0.1, -0.05) is 19.9 Å². The number of pyridine rings is 1. The summed E-state index contributed by atoms with van der Waals surface area (Å²) >= 11 is 0. The number of aliphatic imine (C=N–C) groups is 1. The topological polar surface area (TPSA) is 61.6 Å². The second-order valence-electron chi connectivity index (χ2n) is 9.15. The highest BCUT2D eigenvalue weighted by molar-refractivity contribution is 5.80. The summed E-state index contributed by atoms with van der Waals surface area (Å²) in [6, 6.07) is 4.76. The second kappa shape index (κ2) is 10.2. The molecule has 2 aliphatic rings. The molecule has 168 valence electrons. The fourth-order valence-electron chi connectivity index (χ4n) is 4.62. The Morgan fingerprint density at radius 2 is 2.00 bits per heavy atom. The van der Waals surface area contributed by atoms with Crippen molar-refractivity contribution in [1.29, 1.82) is 0 Å². The molecular formula is C24H37N7. The number of imidazole rings is 1. The van der Waals surface area contributed by atoms with Crippen LogP contribution in [0.15, 0.2) is 42.0 Å². The number of nitrogens with one attached hydrogen (secondary N) is 1. The Balaban J connectivity index is 1.40. The number of piperidine rings is 2. The minimum atomic E-state index is 0.424. The van der Waals surface area contributed by atoms with Crippen LogP contribution in [0.3, 0.4) is 0 Å². The molecule has 1 N–H and O–H groups in total. The van der Waals surface area contributed by atoms with E-state index in [1.807, 2.05) is 18.7 Å². The molecule has 0 amide bonds. The maximum Gasteiger partial charge on any atom is 0.194 e. The third-order valence-electron chi connectivity index (χ3n) is 6.79. The SMILES string of the molecule is CCNC(=NCc1ccc(N2CCC(C)CC2)nc1)N1CCC(C)C(n2ccnc2)C1. The molecule has 2 aromatic heterocycles. The summed E-state index contributed by atoms with van der Waals surface area (Å²) in [4.78, 5) is 18.7. The van der Waals surface area contributed by atoms with Crippen molar-refractivity contribution in [3.8, 4) is 0 Å². The van der Waals surface area contributed by atoms with E-state index in [-0.39, 0.29) is 0 Å². The lowest BCUT2D eigenvalue weighted by atomic mass is 9.93. The van der Waals surface area contributed by atoms with Crippen LogP contribution in [-0.2, 0) is 6.54 Å². The molecule has 2 aliphatic heterocycles. The predicted molar refractivity (Wildman–Crippen MR) is 126 cm³/mol. The normalized spacial score (nSPS) is 23.3. The number of rotatable bonds is 5. The van der Waals surface area contributed by atoms with E-state index in [1.54, 1.807) is 0 Å². The van der Waals surface area contributed by atoms with Crippen molar-refractivity contribution in [3.05, 3.63) is 42.6 Å². The van der Waals surface area contributed by atoms with Crippen LogP contribution in [0.2, 0.25) is 0 Å². The van der Waals surface area contributed by atoms with Gasteiger partial charge >= 0.3 is 0 Å². The quantitative estimate of drug-likeness (QED) is 0.589. The fourth-order valence-corrected chi connectivity index (χ4v) is 4.62. The molecule has 4 heterocycles. The number of guanidine groups is 1. The highest BCUT2D eigenvalue weighted by Gasteiger charge is 2.28. The Labute approximate surface area is 186 Å². The Hall–Kier alpha value is -2.57. The summed E-state index contributed by atoms with van der Waals surface area (Å²) in [5, 5.41) is 3.49. The minimum absolute atomic E-state index is 0.424. The highest BCUT2D eigenvalue weighted by atomic mass is 15.3. The van der Waals surface area contributed by atoms with Crippen LogP contribution in [0.1, 0.15) is 51.6 Å². The number of nitrogens with zero attached hydrogens (tertiary/aromatic N) is 6. The van der Waals surface area contributed by atoms with Gasteiger partial charge in [0.2, 0.25) is 0 Å². The Kier molecular flexibility index (Phi) is 7.10. The molecule has 2 atom stereocenters. The number of likely N-dealkylation sites (tertiary alicyclic amines) is 1. The molecule has 0 spiro atoms. The van der Waals surface area contributed by atoms with E-state index in [2.05, 4.69) is 63.8 Å². The first kappa shape index (κ1) is 21.7. The van der Waals surface area contributed by atoms with Crippen LogP contribution in [-0.4, -0.2) is 58.1 Å². The van der Waals surface area contributed by atoms with E-state index in [1.165, 1.54) is 12.8 Å². The Morgan fingerprint density at radius 1 is 1.16 bits per heavy atom. The molecule has 2 fully saturated rings. The average Bonchev–Trinajstić information content (AvgIpc) is 3.33. The van der Waals surface area contributed by atoms with E-state index in [9.17, 15) is 0 Å². The van der Waals surface area contributed by atoms with Gasteiger partial charge in [-0.15, -0.1) is 0 Å². The Bertz CT molecular complexity index is 822. The molecule has 2 saturated heterocycles. The zero-order valence-corrected chi connectivity index (χ0v) is 19.2. The van der Waals surface area contributed by atoms with E-state index in [4.69, 9.17) is 9.98 Å². The van der Waals surface area contributed by atoms with E-state index < -0.39 is 0 Å². The first-order valence-electron chi connectivity index (χ1n) is 11.8. The molecule has 0 bridgehead atoms. The number of hydrogen-bond acceptors (Lipinski definition) is 4. The van der Waals surface area contributed by atoms with E-state index in [0.717, 1.165) is 62.4 Å². The first-order valence-corrected chi connectivity index (χ1v) is 11.8. The molecule has 0 saturated carbocycles. The van der Waals surface area contributed by atoms with Crippen molar-refractivity contribution >= 4 is 11.8 Å². The first-order chi connectivity index (χ1) is 15.1. The number of anilines is 1. The Morgan fingerprint density at radius 3 is 2.68 bits per heavy atom. The van der Waals surface area contributed by atoms with Crippen LogP contribution in [0.5, 0.6) is 0 Å². The second-order valence-corrected chi connectivity index (χ2v) is 9.15. The van der Waals surface area contributed by atoms with Gasteiger partial charge in [-0.25, -0.2) is 15.0 Å². The van der Waals surface area contributed by atoms with Crippen molar-refractivity contribution in [2.45, 2.75) is 52.6 Å². The molecular weight excluding hydrogens is 386 g/mol. The van der Waals surface area contributed by atoms with Gasteiger partial charge in [-0.05, 0) is 49.7 Å². The molecule has 0 radical (unpaired) electrons. The zero-order valence-electron chi connectivity index (χ0n) is 19.2. The molecule has 4 rings (SSSR count). The molecule has 31 heavy (non-hydrogen) atoms. The minimum Gasteiger partial charge on any atom is -0.357 e. The molecule has 7 heteroatoms. The lowest BCUT2D eigenvalue weighted by Gasteiger charge is -2.39. The van der Waals surface area contributed by atoms with E-state index in [0.29, 0.717) is 18.5 Å². The molecule has 0 aliphatic carbocycles. The summed E-state index contributed by atoms with van der Waals surface area (Å²) in [6.07, 6.45) is 11.5. The number of aromatic nitrogens is 3. The summed E-state index contributed by atoms with van der Waals surface area (Å²) in [5.41, 5.74) is 1.15. The van der Waals surface area contributed by atoms with Crippen LogP contribution in [0, 0.1) is 11.8 Å². The standard InChI is InChI=1S/C24H37N7/c1-4-26-24(30-13-9-20(3)22(17-30)31-14-10-25-18-31)28-16-21-5-6-23(27-15-21)29-11-7-19(2)8-12-29/h5-6,10,14-15,18-20,22H,4,7-9,11-13,16-17H2,1-3H3,(H,26,28). The summed E-state index contributed by atoms with van der Waals surface area (Å²) in [7, 11) is 0. The smallest absolute Gasteiger partial charge is 0.194 e.